The van der Waals surface area contributed by atoms with Crippen LogP contribution in [0.4, 0.5) is 0 Å². The highest BCUT2D eigenvalue weighted by atomic mass is 16.5. The Morgan fingerprint density at radius 3 is 2.48 bits per heavy atom. The van der Waals surface area contributed by atoms with Crippen molar-refractivity contribution in [1.82, 2.24) is 20.0 Å². The summed E-state index contributed by atoms with van der Waals surface area (Å²) in [5.74, 6) is 0.326. The van der Waals surface area contributed by atoms with Crippen LogP contribution in [0.1, 0.15) is 19.3 Å². The highest BCUT2D eigenvalue weighted by molar-refractivity contribution is 5.81. The van der Waals surface area contributed by atoms with Crippen LogP contribution < -0.4 is 5.32 Å². The molecule has 3 saturated heterocycles. The van der Waals surface area contributed by atoms with Crippen molar-refractivity contribution in [3.8, 4) is 0 Å². The molecule has 0 aromatic carbocycles. The molecule has 23 heavy (non-hydrogen) atoms. The van der Waals surface area contributed by atoms with Gasteiger partial charge in [0.1, 0.15) is 6.10 Å². The Labute approximate surface area is 137 Å². The molecular formula is C16H28N4O3. The van der Waals surface area contributed by atoms with Gasteiger partial charge in [-0.25, -0.2) is 0 Å². The van der Waals surface area contributed by atoms with E-state index in [-0.39, 0.29) is 17.9 Å². The van der Waals surface area contributed by atoms with Gasteiger partial charge in [-0.1, -0.05) is 0 Å². The average Bonchev–Trinajstić information content (AvgIpc) is 3.03. The summed E-state index contributed by atoms with van der Waals surface area (Å²) >= 11 is 0. The zero-order valence-corrected chi connectivity index (χ0v) is 13.8. The van der Waals surface area contributed by atoms with Crippen LogP contribution in [0.2, 0.25) is 0 Å². The molecule has 7 heteroatoms. The Morgan fingerprint density at radius 1 is 0.957 bits per heavy atom. The molecule has 3 rings (SSSR count). The van der Waals surface area contributed by atoms with E-state index in [2.05, 4.69) is 10.2 Å². The largest absolute Gasteiger partial charge is 0.366 e. The van der Waals surface area contributed by atoms with E-state index in [9.17, 15) is 9.59 Å². The summed E-state index contributed by atoms with van der Waals surface area (Å²) in [5.41, 5.74) is 0. The van der Waals surface area contributed by atoms with Crippen molar-refractivity contribution in [3.05, 3.63) is 0 Å². The number of carbonyl (C=O) groups is 2. The molecule has 3 heterocycles. The van der Waals surface area contributed by atoms with E-state index >= 15 is 0 Å². The Hall–Kier alpha value is -1.18. The molecule has 130 valence electrons. The van der Waals surface area contributed by atoms with Gasteiger partial charge in [-0.15, -0.1) is 0 Å². The maximum absolute atomic E-state index is 12.5. The number of carbonyl (C=O) groups excluding carboxylic acids is 2. The average molecular weight is 324 g/mol. The second-order valence-electron chi connectivity index (χ2n) is 6.61. The second kappa shape index (κ2) is 8.08. The fourth-order valence-electron chi connectivity index (χ4n) is 3.53. The quantitative estimate of drug-likeness (QED) is 0.731. The van der Waals surface area contributed by atoms with E-state index in [0.29, 0.717) is 26.2 Å². The lowest BCUT2D eigenvalue weighted by molar-refractivity contribution is -0.145. The lowest BCUT2D eigenvalue weighted by Gasteiger charge is -2.29. The van der Waals surface area contributed by atoms with Crippen LogP contribution in [0.5, 0.6) is 0 Å². The first-order valence-corrected chi connectivity index (χ1v) is 8.85. The number of nitrogens with one attached hydrogen (secondary N) is 1. The van der Waals surface area contributed by atoms with Crippen LogP contribution in [0.25, 0.3) is 0 Å². The molecule has 1 unspecified atom stereocenters. The van der Waals surface area contributed by atoms with E-state index in [1.54, 1.807) is 0 Å². The number of amides is 2. The molecule has 1 atom stereocenters. The summed E-state index contributed by atoms with van der Waals surface area (Å²) in [6.45, 7) is 7.41. The minimum atomic E-state index is -0.346. The number of likely N-dealkylation sites (tertiary alicyclic amines) is 1. The summed E-state index contributed by atoms with van der Waals surface area (Å²) in [7, 11) is 0. The predicted molar refractivity (Wildman–Crippen MR) is 86.1 cm³/mol. The molecule has 1 N–H and O–H groups in total. The number of nitrogens with zero attached hydrogens (tertiary/aromatic N) is 3. The van der Waals surface area contributed by atoms with Crippen LogP contribution >= 0.6 is 0 Å². The van der Waals surface area contributed by atoms with Crippen LogP contribution in [-0.2, 0) is 14.3 Å². The smallest absolute Gasteiger partial charge is 0.253 e. The Bertz CT molecular complexity index is 420. The van der Waals surface area contributed by atoms with E-state index in [1.165, 1.54) is 0 Å². The van der Waals surface area contributed by atoms with Gasteiger partial charge in [-0.3, -0.25) is 14.5 Å². The molecule has 0 aliphatic carbocycles. The molecule has 0 saturated carbocycles. The first kappa shape index (κ1) is 16.7. The maximum Gasteiger partial charge on any atom is 0.253 e. The predicted octanol–water partition coefficient (Wildman–Crippen LogP) is -0.868. The van der Waals surface area contributed by atoms with Crippen molar-refractivity contribution < 1.29 is 14.3 Å². The van der Waals surface area contributed by atoms with E-state index in [1.807, 2.05) is 9.80 Å². The van der Waals surface area contributed by atoms with Crippen molar-refractivity contribution in [1.29, 1.82) is 0 Å². The maximum atomic E-state index is 12.5. The lowest BCUT2D eigenvalue weighted by Crippen LogP contribution is -2.50. The topological polar surface area (TPSA) is 65.1 Å². The number of hydrogen-bond donors (Lipinski definition) is 1. The normalized spacial score (nSPS) is 27.0. The van der Waals surface area contributed by atoms with Crippen LogP contribution in [0.15, 0.2) is 0 Å². The molecule has 3 fully saturated rings. The highest BCUT2D eigenvalue weighted by Crippen LogP contribution is 2.11. The summed E-state index contributed by atoms with van der Waals surface area (Å²) < 4.78 is 5.56. The minimum Gasteiger partial charge on any atom is -0.366 e. The third-order valence-electron chi connectivity index (χ3n) is 4.92. The highest BCUT2D eigenvalue weighted by Gasteiger charge is 2.29. The molecule has 3 aliphatic rings. The fraction of sp³-hybridized carbons (Fsp3) is 0.875. The molecule has 0 aromatic heterocycles. The van der Waals surface area contributed by atoms with Gasteiger partial charge in [0.15, 0.2) is 0 Å². The molecule has 7 nitrogen and oxygen atoms in total. The van der Waals surface area contributed by atoms with Gasteiger partial charge in [0.05, 0.1) is 13.2 Å². The van der Waals surface area contributed by atoms with Crippen molar-refractivity contribution in [2.75, 3.05) is 65.5 Å². The monoisotopic (exact) mass is 324 g/mol. The van der Waals surface area contributed by atoms with Crippen molar-refractivity contribution in [2.45, 2.75) is 25.4 Å². The number of ether oxygens (including phenoxy) is 1. The third kappa shape index (κ3) is 4.43. The Kier molecular flexibility index (Phi) is 5.85. The van der Waals surface area contributed by atoms with Gasteiger partial charge in [-0.2, -0.15) is 0 Å². The molecular weight excluding hydrogens is 296 g/mol. The molecule has 0 spiro atoms. The molecule has 2 amide bonds. The summed E-state index contributed by atoms with van der Waals surface area (Å²) in [6, 6.07) is 0. The van der Waals surface area contributed by atoms with Gasteiger partial charge >= 0.3 is 0 Å². The van der Waals surface area contributed by atoms with Crippen LogP contribution in [0, 0.1) is 0 Å². The summed E-state index contributed by atoms with van der Waals surface area (Å²) in [6.07, 6.45) is 2.83. The lowest BCUT2D eigenvalue weighted by atomic mass is 10.2. The first-order valence-electron chi connectivity index (χ1n) is 8.85. The number of morpholine rings is 1. The zero-order valence-electron chi connectivity index (χ0n) is 13.8. The summed E-state index contributed by atoms with van der Waals surface area (Å²) in [4.78, 5) is 30.8. The van der Waals surface area contributed by atoms with Crippen molar-refractivity contribution >= 4 is 11.8 Å². The van der Waals surface area contributed by atoms with Crippen LogP contribution in [0.3, 0.4) is 0 Å². The number of hydrogen-bond acceptors (Lipinski definition) is 5. The van der Waals surface area contributed by atoms with Gasteiger partial charge in [-0.05, 0) is 19.3 Å². The molecule has 0 radical (unpaired) electrons. The molecule has 3 aliphatic heterocycles. The van der Waals surface area contributed by atoms with Crippen LogP contribution in [-0.4, -0.2) is 98.1 Å². The standard InChI is InChI=1S/C16H28N4O3/c21-15(19-6-1-2-7-19)13-18-5-3-8-20(10-9-18)16(22)14-12-17-4-11-23-14/h14,17H,1-13H2. The number of rotatable bonds is 3. The van der Waals surface area contributed by atoms with Crippen molar-refractivity contribution in [3.63, 3.8) is 0 Å². The van der Waals surface area contributed by atoms with E-state index in [4.69, 9.17) is 4.74 Å². The molecule has 0 bridgehead atoms. The van der Waals surface area contributed by atoms with E-state index in [0.717, 1.165) is 58.5 Å². The Morgan fingerprint density at radius 2 is 1.74 bits per heavy atom. The van der Waals surface area contributed by atoms with Gasteiger partial charge in [0.25, 0.3) is 5.91 Å². The Balaban J connectivity index is 1.46. The second-order valence-corrected chi connectivity index (χ2v) is 6.61. The third-order valence-corrected chi connectivity index (χ3v) is 4.92. The minimum absolute atomic E-state index is 0.0879. The van der Waals surface area contributed by atoms with E-state index < -0.39 is 0 Å². The SMILES string of the molecule is O=C(CN1CCCN(C(=O)C2CNCCO2)CC1)N1CCCC1. The first-order chi connectivity index (χ1) is 11.2. The molecule has 0 aromatic rings. The van der Waals surface area contributed by atoms with Gasteiger partial charge < -0.3 is 19.9 Å². The zero-order chi connectivity index (χ0) is 16.1. The van der Waals surface area contributed by atoms with Gasteiger partial charge in [0, 0.05) is 52.4 Å². The van der Waals surface area contributed by atoms with Crippen molar-refractivity contribution in [2.24, 2.45) is 0 Å². The van der Waals surface area contributed by atoms with Gasteiger partial charge in [0.2, 0.25) is 5.91 Å². The summed E-state index contributed by atoms with van der Waals surface area (Å²) in [5, 5.41) is 3.20. The fourth-order valence-corrected chi connectivity index (χ4v) is 3.53.